The number of ether oxygens (including phenoxy) is 1. The predicted octanol–water partition coefficient (Wildman–Crippen LogP) is 2.84. The number of carbonyl (C=O) groups is 1. The molecule has 1 amide bonds. The molecule has 1 fully saturated rings. The number of nitrogens with zero attached hydrogens (tertiary/aromatic N) is 1. The van der Waals surface area contributed by atoms with Crippen LogP contribution in [-0.4, -0.2) is 24.3 Å². The molecule has 24 heavy (non-hydrogen) atoms. The average molecular weight is 329 g/mol. The van der Waals surface area contributed by atoms with Crippen molar-refractivity contribution in [3.05, 3.63) is 46.8 Å². The van der Waals surface area contributed by atoms with Crippen LogP contribution in [-0.2, 0) is 17.7 Å². The molecule has 2 aromatic rings. The average Bonchev–Trinajstić information content (AvgIpc) is 3.07. The number of hydrogen-bond acceptors (Lipinski definition) is 5. The van der Waals surface area contributed by atoms with Gasteiger partial charge in [0.1, 0.15) is 11.3 Å². The molecule has 0 bridgehead atoms. The smallest absolute Gasteiger partial charge is 0.261 e. The Labute approximate surface area is 141 Å². The Bertz CT molecular complexity index is 705. The van der Waals surface area contributed by atoms with E-state index in [1.165, 1.54) is 0 Å². The van der Waals surface area contributed by atoms with Gasteiger partial charge in [-0.1, -0.05) is 24.2 Å². The van der Waals surface area contributed by atoms with Crippen LogP contribution < -0.4 is 11.1 Å². The molecule has 128 valence electrons. The standard InChI is InChI=1S/C18H23N3O3/c1-2-15-16(17(21-24-15)13-6-8-23-9-7-13)18(22)20-14-5-3-4-12(10-14)11-19/h3-5,10,13H,2,6-9,11,19H2,1H3,(H,20,22). The van der Waals surface area contributed by atoms with E-state index >= 15 is 0 Å². The largest absolute Gasteiger partial charge is 0.381 e. The molecule has 2 heterocycles. The molecule has 1 aromatic carbocycles. The number of aromatic nitrogens is 1. The molecule has 0 saturated carbocycles. The van der Waals surface area contributed by atoms with Crippen molar-refractivity contribution in [2.75, 3.05) is 18.5 Å². The maximum Gasteiger partial charge on any atom is 0.261 e. The molecule has 3 rings (SSSR count). The topological polar surface area (TPSA) is 90.4 Å². The highest BCUT2D eigenvalue weighted by Crippen LogP contribution is 2.31. The Hall–Kier alpha value is -2.18. The van der Waals surface area contributed by atoms with Crippen molar-refractivity contribution < 1.29 is 14.1 Å². The zero-order valence-corrected chi connectivity index (χ0v) is 13.9. The minimum absolute atomic E-state index is 0.177. The van der Waals surface area contributed by atoms with Gasteiger partial charge in [-0.2, -0.15) is 0 Å². The van der Waals surface area contributed by atoms with Crippen LogP contribution in [0.5, 0.6) is 0 Å². The first-order valence-electron chi connectivity index (χ1n) is 8.39. The minimum atomic E-state index is -0.177. The number of hydrogen-bond donors (Lipinski definition) is 2. The highest BCUT2D eigenvalue weighted by molar-refractivity contribution is 6.05. The molecule has 3 N–H and O–H groups in total. The van der Waals surface area contributed by atoms with E-state index in [1.807, 2.05) is 31.2 Å². The van der Waals surface area contributed by atoms with Crippen LogP contribution in [0.4, 0.5) is 5.69 Å². The van der Waals surface area contributed by atoms with Crippen molar-refractivity contribution >= 4 is 11.6 Å². The van der Waals surface area contributed by atoms with E-state index in [1.54, 1.807) is 0 Å². The molecule has 6 heteroatoms. The summed E-state index contributed by atoms with van der Waals surface area (Å²) in [4.78, 5) is 12.8. The lowest BCUT2D eigenvalue weighted by Gasteiger charge is -2.20. The van der Waals surface area contributed by atoms with E-state index in [0.29, 0.717) is 37.5 Å². The summed E-state index contributed by atoms with van der Waals surface area (Å²) < 4.78 is 10.8. The zero-order chi connectivity index (χ0) is 16.9. The van der Waals surface area contributed by atoms with Crippen LogP contribution in [0.25, 0.3) is 0 Å². The third-order valence-electron chi connectivity index (χ3n) is 4.37. The third kappa shape index (κ3) is 3.49. The van der Waals surface area contributed by atoms with E-state index in [0.717, 1.165) is 29.8 Å². The predicted molar refractivity (Wildman–Crippen MR) is 91.0 cm³/mol. The fourth-order valence-electron chi connectivity index (χ4n) is 3.04. The Morgan fingerprint density at radius 1 is 1.38 bits per heavy atom. The summed E-state index contributed by atoms with van der Waals surface area (Å²) >= 11 is 0. The lowest BCUT2D eigenvalue weighted by Crippen LogP contribution is -2.20. The molecule has 0 unspecified atom stereocenters. The summed E-state index contributed by atoms with van der Waals surface area (Å²) in [7, 11) is 0. The van der Waals surface area contributed by atoms with E-state index in [2.05, 4.69) is 10.5 Å². The van der Waals surface area contributed by atoms with Crippen molar-refractivity contribution in [2.24, 2.45) is 5.73 Å². The van der Waals surface area contributed by atoms with Gasteiger partial charge < -0.3 is 20.3 Å². The van der Waals surface area contributed by atoms with Crippen LogP contribution in [0.1, 0.15) is 53.1 Å². The highest BCUT2D eigenvalue weighted by atomic mass is 16.5. The number of nitrogens with two attached hydrogens (primary N) is 1. The van der Waals surface area contributed by atoms with E-state index in [9.17, 15) is 4.79 Å². The highest BCUT2D eigenvalue weighted by Gasteiger charge is 2.29. The quantitative estimate of drug-likeness (QED) is 0.880. The van der Waals surface area contributed by atoms with Crippen LogP contribution in [0.2, 0.25) is 0 Å². The number of aryl methyl sites for hydroxylation is 1. The van der Waals surface area contributed by atoms with Gasteiger partial charge in [0.15, 0.2) is 0 Å². The number of benzene rings is 1. The molecule has 0 aliphatic carbocycles. The normalized spacial score (nSPS) is 15.4. The van der Waals surface area contributed by atoms with Gasteiger partial charge in [-0.15, -0.1) is 0 Å². The van der Waals surface area contributed by atoms with E-state index < -0.39 is 0 Å². The second-order valence-corrected chi connectivity index (χ2v) is 5.96. The Morgan fingerprint density at radius 3 is 2.88 bits per heavy atom. The summed E-state index contributed by atoms with van der Waals surface area (Å²) in [6, 6.07) is 7.54. The summed E-state index contributed by atoms with van der Waals surface area (Å²) in [6.45, 7) is 3.78. The molecule has 6 nitrogen and oxygen atoms in total. The van der Waals surface area contributed by atoms with Crippen molar-refractivity contribution in [3.63, 3.8) is 0 Å². The molecular weight excluding hydrogens is 306 g/mol. The first-order chi connectivity index (χ1) is 11.7. The first-order valence-corrected chi connectivity index (χ1v) is 8.39. The van der Waals surface area contributed by atoms with Crippen molar-refractivity contribution in [2.45, 2.75) is 38.6 Å². The van der Waals surface area contributed by atoms with Gasteiger partial charge in [-0.05, 0) is 30.5 Å². The molecule has 1 aliphatic heterocycles. The molecule has 1 saturated heterocycles. The molecule has 1 aliphatic rings. The zero-order valence-electron chi connectivity index (χ0n) is 13.9. The Balaban J connectivity index is 1.86. The fourth-order valence-corrected chi connectivity index (χ4v) is 3.04. The molecule has 0 atom stereocenters. The van der Waals surface area contributed by atoms with Gasteiger partial charge in [-0.25, -0.2) is 0 Å². The van der Waals surface area contributed by atoms with E-state index in [-0.39, 0.29) is 11.8 Å². The Kier molecular flexibility index (Phi) is 5.27. The first kappa shape index (κ1) is 16.7. The fraction of sp³-hybridized carbons (Fsp3) is 0.444. The van der Waals surface area contributed by atoms with Crippen LogP contribution in [0, 0.1) is 0 Å². The summed E-state index contributed by atoms with van der Waals surface area (Å²) in [6.07, 6.45) is 2.35. The monoisotopic (exact) mass is 329 g/mol. The number of amides is 1. The summed E-state index contributed by atoms with van der Waals surface area (Å²) in [5, 5.41) is 7.14. The molecular formula is C18H23N3O3. The molecule has 0 spiro atoms. The van der Waals surface area contributed by atoms with Crippen LogP contribution >= 0.6 is 0 Å². The number of anilines is 1. The summed E-state index contributed by atoms with van der Waals surface area (Å²) in [5.74, 6) is 0.659. The lowest BCUT2D eigenvalue weighted by atomic mass is 9.92. The number of rotatable bonds is 5. The van der Waals surface area contributed by atoms with Crippen molar-refractivity contribution in [1.82, 2.24) is 5.16 Å². The van der Waals surface area contributed by atoms with Gasteiger partial charge in [0.05, 0.1) is 5.69 Å². The minimum Gasteiger partial charge on any atom is -0.381 e. The third-order valence-corrected chi connectivity index (χ3v) is 4.37. The second kappa shape index (κ2) is 7.59. The van der Waals surface area contributed by atoms with Gasteiger partial charge in [-0.3, -0.25) is 4.79 Å². The van der Waals surface area contributed by atoms with Crippen LogP contribution in [0.15, 0.2) is 28.8 Å². The maximum atomic E-state index is 12.8. The number of nitrogens with one attached hydrogen (secondary N) is 1. The Morgan fingerprint density at radius 2 is 2.17 bits per heavy atom. The van der Waals surface area contributed by atoms with Gasteiger partial charge in [0.25, 0.3) is 5.91 Å². The van der Waals surface area contributed by atoms with Gasteiger partial charge >= 0.3 is 0 Å². The maximum absolute atomic E-state index is 12.8. The lowest BCUT2D eigenvalue weighted by molar-refractivity contribution is 0.0832. The van der Waals surface area contributed by atoms with Crippen molar-refractivity contribution in [1.29, 1.82) is 0 Å². The molecule has 0 radical (unpaired) electrons. The number of carbonyl (C=O) groups excluding carboxylic acids is 1. The SMILES string of the molecule is CCc1onc(C2CCOCC2)c1C(=O)Nc1cccc(CN)c1. The molecule has 1 aromatic heterocycles. The summed E-state index contributed by atoms with van der Waals surface area (Å²) in [5.41, 5.74) is 8.68. The van der Waals surface area contributed by atoms with Crippen molar-refractivity contribution in [3.8, 4) is 0 Å². The van der Waals surface area contributed by atoms with Gasteiger partial charge in [0, 0.05) is 37.8 Å². The van der Waals surface area contributed by atoms with E-state index in [4.69, 9.17) is 15.0 Å². The second-order valence-electron chi connectivity index (χ2n) is 5.96. The van der Waals surface area contributed by atoms with Crippen LogP contribution in [0.3, 0.4) is 0 Å². The van der Waals surface area contributed by atoms with Gasteiger partial charge in [0.2, 0.25) is 0 Å².